The third-order valence-corrected chi connectivity index (χ3v) is 21.3. The summed E-state index contributed by atoms with van der Waals surface area (Å²) in [7, 11) is 0. The van der Waals surface area contributed by atoms with Crippen molar-refractivity contribution in [1.82, 2.24) is 9.80 Å². The Bertz CT molecular complexity index is 1550. The van der Waals surface area contributed by atoms with Crippen molar-refractivity contribution < 1.29 is 28.0 Å². The van der Waals surface area contributed by atoms with E-state index in [0.717, 1.165) is 32.4 Å². The highest BCUT2D eigenvalue weighted by Crippen LogP contribution is 2.77. The van der Waals surface area contributed by atoms with E-state index >= 15 is 0 Å². The number of ether oxygens (including phenoxy) is 2. The molecule has 5 saturated carbocycles. The molecule has 4 unspecified atom stereocenters. The molecule has 0 aromatic carbocycles. The summed E-state index contributed by atoms with van der Waals surface area (Å²) in [6.45, 7) is 37.8. The van der Waals surface area contributed by atoms with Gasteiger partial charge in [-0.2, -0.15) is 0 Å². The Balaban J connectivity index is 0.846. The monoisotopic (exact) mass is 805 g/mol. The number of fused-ring (bicyclic) bond motifs is 13. The maximum Gasteiger partial charge on any atom is 0.306 e. The van der Waals surface area contributed by atoms with Crippen molar-refractivity contribution in [2.45, 2.75) is 138 Å². The number of allylic oxidation sites excluding steroid dienone is 1. The lowest BCUT2D eigenvalue weighted by atomic mass is 9.32. The molecule has 326 valence electrons. The van der Waals surface area contributed by atoms with E-state index in [2.05, 4.69) is 57.9 Å². The van der Waals surface area contributed by atoms with Crippen molar-refractivity contribution in [2.75, 3.05) is 98.2 Å². The fourth-order valence-electron chi connectivity index (χ4n) is 17.5. The number of hydrogen-bond donors (Lipinski definition) is 0. The van der Waals surface area contributed by atoms with Gasteiger partial charge >= 0.3 is 11.9 Å². The lowest BCUT2D eigenvalue weighted by Crippen LogP contribution is -2.67. The maximum atomic E-state index is 13.5. The molecule has 6 heterocycles. The molecule has 8 heteroatoms. The Kier molecular flexibility index (Phi) is 10.9. The largest absolute Gasteiger partial charge is 0.465 e. The van der Waals surface area contributed by atoms with E-state index in [4.69, 9.17) is 9.47 Å². The van der Waals surface area contributed by atoms with Gasteiger partial charge in [-0.05, 0) is 117 Å². The second kappa shape index (κ2) is 15.1. The van der Waals surface area contributed by atoms with Crippen molar-refractivity contribution in [1.29, 1.82) is 0 Å². The summed E-state index contributed by atoms with van der Waals surface area (Å²) < 4.78 is 15.4. The highest BCUT2D eigenvalue weighted by Gasteiger charge is 2.71. The lowest BCUT2D eigenvalue weighted by Gasteiger charge is -2.73. The maximum absolute atomic E-state index is 13.5. The molecule has 6 aliphatic heterocycles. The molecule has 5 aliphatic carbocycles. The van der Waals surface area contributed by atoms with Crippen molar-refractivity contribution in [3.8, 4) is 0 Å². The Labute approximate surface area is 353 Å². The van der Waals surface area contributed by atoms with Crippen LogP contribution in [0.1, 0.15) is 131 Å². The standard InChI is InChI=1S/C50H84N4O4/c1-37(2)38-14-19-50(36-57-43(55)10-8-28-53-30-22-51(23-31-53)24-32-53)21-20-48(6)39(45(38)50)12-13-41-47(5)17-16-42(46(3,4)40(47)15-18-49(41,48)7)58-44(56)11-9-29-54-33-25-52(26-34-54)27-35-54/h38-42,45H,1,8-36H2,2-7H3/q+2/t38-,39?,40?,41?,42-,45?,47-,48+,49+,50+/m0/s1. The second-order valence-corrected chi connectivity index (χ2v) is 23.9. The number of rotatable bonds is 12. The lowest BCUT2D eigenvalue weighted by molar-refractivity contribution is -0.941. The van der Waals surface area contributed by atoms with Gasteiger partial charge in [-0.15, -0.1) is 0 Å². The van der Waals surface area contributed by atoms with Gasteiger partial charge in [0.25, 0.3) is 0 Å². The van der Waals surface area contributed by atoms with Gasteiger partial charge in [-0.3, -0.25) is 19.4 Å². The highest BCUT2D eigenvalue weighted by molar-refractivity contribution is 5.69. The molecule has 0 amide bonds. The van der Waals surface area contributed by atoms with E-state index in [-0.39, 0.29) is 45.1 Å². The molecular formula is C50H84N4O4+2. The van der Waals surface area contributed by atoms with E-state index in [9.17, 15) is 9.59 Å². The van der Waals surface area contributed by atoms with Gasteiger partial charge in [0.05, 0.1) is 71.8 Å². The summed E-state index contributed by atoms with van der Waals surface area (Å²) in [4.78, 5) is 32.2. The van der Waals surface area contributed by atoms with Crippen LogP contribution in [-0.4, -0.2) is 135 Å². The van der Waals surface area contributed by atoms with Crippen LogP contribution < -0.4 is 0 Å². The van der Waals surface area contributed by atoms with Crippen molar-refractivity contribution >= 4 is 11.9 Å². The second-order valence-electron chi connectivity index (χ2n) is 23.9. The van der Waals surface area contributed by atoms with Crippen molar-refractivity contribution in [2.24, 2.45) is 56.7 Å². The molecule has 0 N–H and O–H groups in total. The van der Waals surface area contributed by atoms with Crippen LogP contribution in [0, 0.1) is 56.7 Å². The molecule has 0 radical (unpaired) electrons. The van der Waals surface area contributed by atoms with Gasteiger partial charge in [-0.1, -0.05) is 46.8 Å². The third kappa shape index (κ3) is 6.80. The number of esters is 2. The fraction of sp³-hybridized carbons (Fsp3) is 0.920. The molecule has 8 nitrogen and oxygen atoms in total. The van der Waals surface area contributed by atoms with E-state index in [0.29, 0.717) is 49.0 Å². The Morgan fingerprint density at radius 1 is 0.655 bits per heavy atom. The average molecular weight is 805 g/mol. The fourth-order valence-corrected chi connectivity index (χ4v) is 17.5. The third-order valence-electron chi connectivity index (χ3n) is 21.3. The van der Waals surface area contributed by atoms with Crippen molar-refractivity contribution in [3.05, 3.63) is 12.2 Å². The summed E-state index contributed by atoms with van der Waals surface area (Å²) in [5.74, 6) is 3.06. The minimum absolute atomic E-state index is 0.0204. The van der Waals surface area contributed by atoms with Crippen LogP contribution >= 0.6 is 0 Å². The van der Waals surface area contributed by atoms with Gasteiger partial charge < -0.3 is 18.4 Å². The molecule has 6 saturated heterocycles. The van der Waals surface area contributed by atoms with Crippen LogP contribution in [0.2, 0.25) is 0 Å². The van der Waals surface area contributed by atoms with Crippen LogP contribution in [-0.2, 0) is 19.1 Å². The first-order valence-electron chi connectivity index (χ1n) is 24.7. The Hall–Kier alpha value is -1.48. The number of hydrogen-bond acceptors (Lipinski definition) is 6. The number of quaternary nitrogens is 2. The minimum atomic E-state index is -0.0263. The molecule has 0 spiro atoms. The van der Waals surface area contributed by atoms with Gasteiger partial charge in [-0.25, -0.2) is 0 Å². The summed E-state index contributed by atoms with van der Waals surface area (Å²) in [5, 5.41) is 0. The molecule has 11 fully saturated rings. The number of carbonyl (C=O) groups excluding carboxylic acids is 2. The van der Waals surface area contributed by atoms with E-state index in [1.165, 1.54) is 151 Å². The summed E-state index contributed by atoms with van der Waals surface area (Å²) >= 11 is 0. The van der Waals surface area contributed by atoms with Gasteiger partial charge in [0.15, 0.2) is 0 Å². The van der Waals surface area contributed by atoms with Crippen LogP contribution in [0.3, 0.4) is 0 Å². The molecule has 0 aromatic rings. The first-order valence-corrected chi connectivity index (χ1v) is 24.7. The quantitative estimate of drug-likeness (QED) is 0.114. The smallest absolute Gasteiger partial charge is 0.306 e. The zero-order valence-electron chi connectivity index (χ0n) is 38.1. The zero-order chi connectivity index (χ0) is 40.8. The molecule has 11 aliphatic rings. The van der Waals surface area contributed by atoms with Crippen LogP contribution in [0.5, 0.6) is 0 Å². The first-order chi connectivity index (χ1) is 27.6. The van der Waals surface area contributed by atoms with E-state index in [1.807, 2.05) is 0 Å². The molecule has 10 atom stereocenters. The molecule has 4 bridgehead atoms. The van der Waals surface area contributed by atoms with E-state index in [1.54, 1.807) is 0 Å². The van der Waals surface area contributed by atoms with Gasteiger partial charge in [0.2, 0.25) is 0 Å². The summed E-state index contributed by atoms with van der Waals surface area (Å²) in [6.07, 6.45) is 15.2. The van der Waals surface area contributed by atoms with Crippen LogP contribution in [0.15, 0.2) is 12.2 Å². The molecule has 58 heavy (non-hydrogen) atoms. The van der Waals surface area contributed by atoms with Crippen LogP contribution in [0.25, 0.3) is 0 Å². The highest BCUT2D eigenvalue weighted by atomic mass is 16.5. The zero-order valence-corrected chi connectivity index (χ0v) is 38.1. The molecule has 11 rings (SSSR count). The SMILES string of the molecule is C=C(C)[C@@H]1CC[C@]2(COC(=O)CCC[N+]34CCN(CC3)CC4)CC[C@]3(C)C(CCC4[C@@]5(C)CC[C@H](OC(=O)CCC[N+]67CCN(CC6)CC7)C(C)(C)C5CC[C@]43C)C12. The van der Waals surface area contributed by atoms with Crippen LogP contribution in [0.4, 0.5) is 0 Å². The first kappa shape index (κ1) is 41.9. The van der Waals surface area contributed by atoms with Gasteiger partial charge in [0, 0.05) is 62.9 Å². The number of carbonyl (C=O) groups is 2. The normalized spacial score (nSPS) is 48.6. The summed E-state index contributed by atoms with van der Waals surface area (Å²) in [6, 6.07) is 0. The molecular weight excluding hydrogens is 721 g/mol. The Morgan fingerprint density at radius 2 is 1.24 bits per heavy atom. The summed E-state index contributed by atoms with van der Waals surface area (Å²) in [5.41, 5.74) is 2.20. The van der Waals surface area contributed by atoms with Gasteiger partial charge in [0.1, 0.15) is 6.10 Å². The average Bonchev–Trinajstić information content (AvgIpc) is 3.60. The predicted octanol–water partition coefficient (Wildman–Crippen LogP) is 7.95. The predicted molar refractivity (Wildman–Crippen MR) is 231 cm³/mol. The Morgan fingerprint density at radius 3 is 1.83 bits per heavy atom. The van der Waals surface area contributed by atoms with E-state index < -0.39 is 0 Å². The number of nitrogens with zero attached hydrogens (tertiary/aromatic N) is 4. The molecule has 0 aromatic heterocycles. The number of piperazine rings is 6. The minimum Gasteiger partial charge on any atom is -0.465 e. The topological polar surface area (TPSA) is 59.1 Å². The van der Waals surface area contributed by atoms with Crippen molar-refractivity contribution in [3.63, 3.8) is 0 Å².